The van der Waals surface area contributed by atoms with Crippen LogP contribution in [0.5, 0.6) is 11.5 Å². The van der Waals surface area contributed by atoms with E-state index in [0.717, 1.165) is 22.3 Å². The van der Waals surface area contributed by atoms with Crippen molar-refractivity contribution in [2.24, 2.45) is 0 Å². The average Bonchev–Trinajstić information content (AvgIpc) is 2.55. The van der Waals surface area contributed by atoms with E-state index < -0.39 is 5.41 Å². The molecule has 0 aliphatic carbocycles. The van der Waals surface area contributed by atoms with E-state index in [1.165, 1.54) is 0 Å². The van der Waals surface area contributed by atoms with Gasteiger partial charge in [-0.25, -0.2) is 0 Å². The second kappa shape index (κ2) is 7.55. The lowest BCUT2D eigenvalue weighted by Crippen LogP contribution is -2.19. The number of rotatable bonds is 6. The van der Waals surface area contributed by atoms with Crippen molar-refractivity contribution in [3.63, 3.8) is 0 Å². The Morgan fingerprint density at radius 3 is 1.52 bits per heavy atom. The van der Waals surface area contributed by atoms with Crippen LogP contribution in [-0.4, -0.2) is 10.2 Å². The zero-order chi connectivity index (χ0) is 18.8. The van der Waals surface area contributed by atoms with Gasteiger partial charge in [0.25, 0.3) is 0 Å². The zero-order valence-corrected chi connectivity index (χ0v) is 16.0. The smallest absolute Gasteiger partial charge is 0.137 e. The van der Waals surface area contributed by atoms with E-state index in [9.17, 15) is 10.2 Å². The van der Waals surface area contributed by atoms with Gasteiger partial charge in [-0.2, -0.15) is 0 Å². The van der Waals surface area contributed by atoms with Gasteiger partial charge in [0.15, 0.2) is 0 Å². The Bertz CT molecular complexity index is 756. The molecule has 2 aromatic carbocycles. The van der Waals surface area contributed by atoms with Crippen molar-refractivity contribution >= 4 is 23.2 Å². The van der Waals surface area contributed by atoms with Crippen molar-refractivity contribution in [3.8, 4) is 11.5 Å². The van der Waals surface area contributed by atoms with Gasteiger partial charge in [-0.3, -0.25) is 0 Å². The molecule has 0 amide bonds. The Morgan fingerprint density at radius 1 is 0.840 bits per heavy atom. The molecule has 0 aliphatic rings. The van der Waals surface area contributed by atoms with Gasteiger partial charge in [0.05, 0.1) is 10.0 Å². The molecular formula is C21H22Cl2O2. The van der Waals surface area contributed by atoms with Gasteiger partial charge in [0.1, 0.15) is 11.5 Å². The van der Waals surface area contributed by atoms with E-state index >= 15 is 0 Å². The predicted octanol–water partition coefficient (Wildman–Crippen LogP) is 6.19. The Morgan fingerprint density at radius 2 is 1.20 bits per heavy atom. The molecule has 25 heavy (non-hydrogen) atoms. The van der Waals surface area contributed by atoms with Gasteiger partial charge in [-0.05, 0) is 47.2 Å². The summed E-state index contributed by atoms with van der Waals surface area (Å²) in [4.78, 5) is 0. The standard InChI is InChI=1S/C21H22Cl2O2/c1-5-7-13-9-15(11-17(22)19(13)24)21(3,4)16-10-14(8-6-2)20(25)18(23)12-16/h5-6,9-12,24-25H,1-2,7-8H2,3-4H3. The van der Waals surface area contributed by atoms with Crippen LogP contribution in [0.4, 0.5) is 0 Å². The molecule has 0 saturated carbocycles. The number of halogens is 2. The molecule has 0 heterocycles. The van der Waals surface area contributed by atoms with E-state index in [0.29, 0.717) is 22.9 Å². The van der Waals surface area contributed by atoms with Crippen LogP contribution in [0.15, 0.2) is 49.6 Å². The molecule has 0 aliphatic heterocycles. The fourth-order valence-electron chi connectivity index (χ4n) is 2.82. The molecule has 0 radical (unpaired) electrons. The molecular weight excluding hydrogens is 355 g/mol. The van der Waals surface area contributed by atoms with Crippen molar-refractivity contribution in [2.75, 3.05) is 0 Å². The van der Waals surface area contributed by atoms with Crippen LogP contribution in [0.25, 0.3) is 0 Å². The molecule has 0 fully saturated rings. The lowest BCUT2D eigenvalue weighted by molar-refractivity contribution is 0.468. The second-order valence-electron chi connectivity index (χ2n) is 6.54. The van der Waals surface area contributed by atoms with Crippen LogP contribution in [0.1, 0.15) is 36.1 Å². The van der Waals surface area contributed by atoms with Gasteiger partial charge >= 0.3 is 0 Å². The maximum absolute atomic E-state index is 10.1. The lowest BCUT2D eigenvalue weighted by atomic mass is 9.76. The Labute approximate surface area is 159 Å². The fourth-order valence-corrected chi connectivity index (χ4v) is 3.30. The number of aromatic hydroxyl groups is 2. The summed E-state index contributed by atoms with van der Waals surface area (Å²) in [5, 5.41) is 20.9. The van der Waals surface area contributed by atoms with Crippen molar-refractivity contribution < 1.29 is 10.2 Å². The highest BCUT2D eigenvalue weighted by atomic mass is 35.5. The molecule has 2 rings (SSSR count). The summed E-state index contributed by atoms with van der Waals surface area (Å²) in [5.41, 5.74) is 2.90. The topological polar surface area (TPSA) is 40.5 Å². The number of phenols is 2. The summed E-state index contributed by atoms with van der Waals surface area (Å²) < 4.78 is 0. The maximum atomic E-state index is 10.1. The Kier molecular flexibility index (Phi) is 5.87. The number of benzene rings is 2. The minimum Gasteiger partial charge on any atom is -0.506 e. The van der Waals surface area contributed by atoms with Crippen molar-refractivity contribution in [1.82, 2.24) is 0 Å². The van der Waals surface area contributed by atoms with E-state index in [2.05, 4.69) is 13.2 Å². The normalized spacial score (nSPS) is 11.4. The van der Waals surface area contributed by atoms with Crippen molar-refractivity contribution in [1.29, 1.82) is 0 Å². The largest absolute Gasteiger partial charge is 0.506 e. The summed E-state index contributed by atoms with van der Waals surface area (Å²) >= 11 is 12.4. The molecule has 0 aromatic heterocycles. The third-order valence-electron chi connectivity index (χ3n) is 4.46. The monoisotopic (exact) mass is 376 g/mol. The summed E-state index contributed by atoms with van der Waals surface area (Å²) in [6, 6.07) is 7.38. The molecule has 0 spiro atoms. The van der Waals surface area contributed by atoms with Gasteiger partial charge in [0, 0.05) is 5.41 Å². The lowest BCUT2D eigenvalue weighted by Gasteiger charge is -2.28. The van der Waals surface area contributed by atoms with E-state index in [4.69, 9.17) is 23.2 Å². The van der Waals surface area contributed by atoms with Crippen molar-refractivity contribution in [3.05, 3.63) is 81.9 Å². The molecule has 2 N–H and O–H groups in total. The zero-order valence-electron chi connectivity index (χ0n) is 14.4. The predicted molar refractivity (Wildman–Crippen MR) is 106 cm³/mol. The number of phenolic OH excluding ortho intramolecular Hbond substituents is 2. The highest BCUT2D eigenvalue weighted by molar-refractivity contribution is 6.32. The number of allylic oxidation sites excluding steroid dienone is 2. The SMILES string of the molecule is C=CCc1cc(C(C)(C)c2cc(Cl)c(O)c(CC=C)c2)cc(Cl)c1O. The van der Waals surface area contributed by atoms with Crippen LogP contribution in [0.3, 0.4) is 0 Å². The summed E-state index contributed by atoms with van der Waals surface area (Å²) in [6.07, 6.45) is 4.49. The first-order valence-corrected chi connectivity index (χ1v) is 8.73. The maximum Gasteiger partial charge on any atom is 0.137 e. The van der Waals surface area contributed by atoms with Crippen LogP contribution in [0.2, 0.25) is 10.0 Å². The quantitative estimate of drug-likeness (QED) is 0.590. The summed E-state index contributed by atoms with van der Waals surface area (Å²) in [5.74, 6) is 0.161. The first-order valence-electron chi connectivity index (χ1n) is 7.97. The van der Waals surface area contributed by atoms with Crippen LogP contribution >= 0.6 is 23.2 Å². The Balaban J connectivity index is 2.62. The van der Waals surface area contributed by atoms with Crippen LogP contribution in [0, 0.1) is 0 Å². The van der Waals surface area contributed by atoms with Crippen molar-refractivity contribution in [2.45, 2.75) is 32.1 Å². The van der Waals surface area contributed by atoms with Crippen LogP contribution in [-0.2, 0) is 18.3 Å². The highest BCUT2D eigenvalue weighted by Gasteiger charge is 2.27. The summed E-state index contributed by atoms with van der Waals surface area (Å²) in [7, 11) is 0. The number of hydrogen-bond donors (Lipinski definition) is 2. The van der Waals surface area contributed by atoms with E-state index in [1.54, 1.807) is 24.3 Å². The molecule has 4 heteroatoms. The van der Waals surface area contributed by atoms with Gasteiger partial charge in [-0.15, -0.1) is 13.2 Å². The van der Waals surface area contributed by atoms with Crippen LogP contribution < -0.4 is 0 Å². The molecule has 0 atom stereocenters. The third-order valence-corrected chi connectivity index (χ3v) is 5.03. The molecule has 132 valence electrons. The first kappa shape index (κ1) is 19.4. The molecule has 0 saturated heterocycles. The van der Waals surface area contributed by atoms with Gasteiger partial charge in [0.2, 0.25) is 0 Å². The highest BCUT2D eigenvalue weighted by Crippen LogP contribution is 2.41. The third kappa shape index (κ3) is 3.86. The van der Waals surface area contributed by atoms with Gasteiger partial charge in [-0.1, -0.05) is 61.3 Å². The average molecular weight is 377 g/mol. The minimum absolute atomic E-state index is 0.0807. The van der Waals surface area contributed by atoms with E-state index in [-0.39, 0.29) is 11.5 Å². The number of hydrogen-bond acceptors (Lipinski definition) is 2. The summed E-state index contributed by atoms with van der Waals surface area (Å²) in [6.45, 7) is 11.5. The molecule has 0 bridgehead atoms. The second-order valence-corrected chi connectivity index (χ2v) is 7.36. The molecule has 2 nitrogen and oxygen atoms in total. The molecule has 0 unspecified atom stereocenters. The van der Waals surface area contributed by atoms with E-state index in [1.807, 2.05) is 26.0 Å². The molecule has 2 aromatic rings. The van der Waals surface area contributed by atoms with Gasteiger partial charge < -0.3 is 10.2 Å². The Hall–Kier alpha value is -1.90. The fraction of sp³-hybridized carbons (Fsp3) is 0.238. The first-order chi connectivity index (χ1) is 11.7. The minimum atomic E-state index is -0.430.